The molecule has 4 rings (SSSR count). The first-order chi connectivity index (χ1) is 12.7. The van der Waals surface area contributed by atoms with E-state index in [9.17, 15) is 4.79 Å². The van der Waals surface area contributed by atoms with Gasteiger partial charge >= 0.3 is 0 Å². The smallest absolute Gasteiger partial charge is 0.258 e. The highest BCUT2D eigenvalue weighted by Gasteiger charge is 2.21. The summed E-state index contributed by atoms with van der Waals surface area (Å²) < 4.78 is 5.63. The van der Waals surface area contributed by atoms with Gasteiger partial charge in [0, 0.05) is 0 Å². The number of hydrogen-bond acceptors (Lipinski definition) is 4. The van der Waals surface area contributed by atoms with Crippen molar-refractivity contribution in [2.45, 2.75) is 19.0 Å². The molecule has 5 nitrogen and oxygen atoms in total. The van der Waals surface area contributed by atoms with Crippen LogP contribution in [0, 0.1) is 0 Å². The highest BCUT2D eigenvalue weighted by Crippen LogP contribution is 2.25. The van der Waals surface area contributed by atoms with Gasteiger partial charge in [0.25, 0.3) is 5.56 Å². The van der Waals surface area contributed by atoms with Crippen molar-refractivity contribution in [1.29, 1.82) is 0 Å². The zero-order chi connectivity index (χ0) is 17.9. The van der Waals surface area contributed by atoms with Gasteiger partial charge < -0.3 is 9.40 Å². The van der Waals surface area contributed by atoms with Gasteiger partial charge in [-0.2, -0.15) is 0 Å². The lowest BCUT2D eigenvalue weighted by molar-refractivity contribution is 0.412. The van der Waals surface area contributed by atoms with E-state index < -0.39 is 0 Å². The fourth-order valence-corrected chi connectivity index (χ4v) is 3.08. The summed E-state index contributed by atoms with van der Waals surface area (Å²) in [5, 5.41) is 4.11. The fraction of sp³-hybridized carbons (Fsp3) is 0.143. The van der Waals surface area contributed by atoms with Crippen LogP contribution in [0.15, 0.2) is 82.2 Å². The number of rotatable bonds is 5. The number of benzene rings is 2. The average Bonchev–Trinajstić information content (AvgIpc) is 3.21. The first-order valence-corrected chi connectivity index (χ1v) is 8.56. The molecule has 2 aromatic heterocycles. The molecule has 130 valence electrons. The molecule has 2 N–H and O–H groups in total. The summed E-state index contributed by atoms with van der Waals surface area (Å²) in [6.07, 6.45) is 1.66. The van der Waals surface area contributed by atoms with Gasteiger partial charge in [-0.25, -0.2) is 4.98 Å². The molecule has 2 atom stereocenters. The molecule has 0 aliphatic rings. The minimum Gasteiger partial charge on any atom is -0.467 e. The summed E-state index contributed by atoms with van der Waals surface area (Å²) in [5.74, 6) is 1.41. The maximum absolute atomic E-state index is 12.3. The molecule has 0 saturated heterocycles. The monoisotopic (exact) mass is 345 g/mol. The Morgan fingerprint density at radius 3 is 2.54 bits per heavy atom. The molecule has 0 aliphatic heterocycles. The highest BCUT2D eigenvalue weighted by molar-refractivity contribution is 5.77. The lowest BCUT2D eigenvalue weighted by atomic mass is 10.0. The molecule has 0 amide bonds. The van der Waals surface area contributed by atoms with E-state index in [4.69, 9.17) is 4.42 Å². The quantitative estimate of drug-likeness (QED) is 0.574. The van der Waals surface area contributed by atoms with Crippen molar-refractivity contribution in [3.8, 4) is 0 Å². The Bertz CT molecular complexity index is 1060. The molecule has 0 unspecified atom stereocenters. The van der Waals surface area contributed by atoms with Crippen LogP contribution in [0.4, 0.5) is 0 Å². The molecule has 0 radical (unpaired) electrons. The van der Waals surface area contributed by atoms with Crippen molar-refractivity contribution < 1.29 is 4.42 Å². The van der Waals surface area contributed by atoms with Gasteiger partial charge in [-0.15, -0.1) is 0 Å². The third kappa shape index (κ3) is 3.17. The second kappa shape index (κ2) is 6.98. The molecule has 0 saturated carbocycles. The third-order valence-corrected chi connectivity index (χ3v) is 4.42. The predicted octanol–water partition coefficient (Wildman–Crippen LogP) is 3.96. The summed E-state index contributed by atoms with van der Waals surface area (Å²) in [7, 11) is 0. The summed E-state index contributed by atoms with van der Waals surface area (Å²) in [6.45, 7) is 1.98. The van der Waals surface area contributed by atoms with Gasteiger partial charge in [0.2, 0.25) is 0 Å². The second-order valence-corrected chi connectivity index (χ2v) is 6.22. The van der Waals surface area contributed by atoms with Crippen LogP contribution in [-0.4, -0.2) is 9.97 Å². The Hall–Kier alpha value is -3.18. The third-order valence-electron chi connectivity index (χ3n) is 4.42. The van der Waals surface area contributed by atoms with E-state index in [0.717, 1.165) is 11.3 Å². The van der Waals surface area contributed by atoms with Crippen molar-refractivity contribution in [2.24, 2.45) is 0 Å². The SMILES string of the molecule is C[C@@H](N[C@H](c1ccccc1)c1ccco1)c1nc2ccccc2c(=O)[nH]1. The Morgan fingerprint density at radius 2 is 1.77 bits per heavy atom. The van der Waals surface area contributed by atoms with E-state index in [1.165, 1.54) is 0 Å². The summed E-state index contributed by atoms with van der Waals surface area (Å²) in [5.41, 5.74) is 1.64. The summed E-state index contributed by atoms with van der Waals surface area (Å²) >= 11 is 0. The maximum Gasteiger partial charge on any atom is 0.258 e. The normalized spacial score (nSPS) is 13.6. The Kier molecular flexibility index (Phi) is 4.37. The minimum atomic E-state index is -0.178. The van der Waals surface area contributed by atoms with Crippen molar-refractivity contribution in [1.82, 2.24) is 15.3 Å². The van der Waals surface area contributed by atoms with E-state index in [-0.39, 0.29) is 17.6 Å². The lowest BCUT2D eigenvalue weighted by Gasteiger charge is -2.22. The van der Waals surface area contributed by atoms with Crippen molar-refractivity contribution in [3.63, 3.8) is 0 Å². The number of nitrogens with zero attached hydrogens (tertiary/aromatic N) is 1. The summed E-state index contributed by atoms with van der Waals surface area (Å²) in [4.78, 5) is 19.9. The molecule has 2 aromatic carbocycles. The van der Waals surface area contributed by atoms with Gasteiger partial charge in [-0.3, -0.25) is 10.1 Å². The van der Waals surface area contributed by atoms with Crippen LogP contribution < -0.4 is 10.9 Å². The predicted molar refractivity (Wildman–Crippen MR) is 101 cm³/mol. The van der Waals surface area contributed by atoms with E-state index in [1.807, 2.05) is 67.6 Å². The molecule has 2 heterocycles. The van der Waals surface area contributed by atoms with E-state index in [0.29, 0.717) is 16.7 Å². The lowest BCUT2D eigenvalue weighted by Crippen LogP contribution is -2.28. The van der Waals surface area contributed by atoms with Crippen molar-refractivity contribution in [3.05, 3.63) is 100 Å². The molecule has 4 aromatic rings. The van der Waals surface area contributed by atoms with Gasteiger partial charge in [0.1, 0.15) is 11.6 Å². The van der Waals surface area contributed by atoms with Crippen LogP contribution in [0.1, 0.15) is 36.2 Å². The standard InChI is InChI=1S/C21H19N3O2/c1-14(20-23-17-11-6-5-10-16(17)21(25)24-20)22-19(18-12-7-13-26-18)15-8-3-2-4-9-15/h2-14,19,22H,1H3,(H,23,24,25)/t14-,19-/m1/s1. The van der Waals surface area contributed by atoms with Crippen LogP contribution in [0.5, 0.6) is 0 Å². The molecule has 5 heteroatoms. The zero-order valence-corrected chi connectivity index (χ0v) is 14.3. The molecular formula is C21H19N3O2. The van der Waals surface area contributed by atoms with E-state index in [1.54, 1.807) is 12.3 Å². The minimum absolute atomic E-state index is 0.131. The Morgan fingerprint density at radius 1 is 1.00 bits per heavy atom. The van der Waals surface area contributed by atoms with Crippen LogP contribution in [0.25, 0.3) is 10.9 Å². The van der Waals surface area contributed by atoms with Gasteiger partial charge in [-0.1, -0.05) is 42.5 Å². The molecule has 0 spiro atoms. The largest absolute Gasteiger partial charge is 0.467 e. The maximum atomic E-state index is 12.3. The van der Waals surface area contributed by atoms with Crippen LogP contribution in [0.3, 0.4) is 0 Å². The zero-order valence-electron chi connectivity index (χ0n) is 14.3. The summed E-state index contributed by atoms with van der Waals surface area (Å²) in [6, 6.07) is 20.9. The van der Waals surface area contributed by atoms with Gasteiger partial charge in [-0.05, 0) is 36.8 Å². The Balaban J connectivity index is 1.69. The number of furan rings is 1. The molecule has 0 aliphatic carbocycles. The molecular weight excluding hydrogens is 326 g/mol. The molecule has 0 fully saturated rings. The number of para-hydroxylation sites is 1. The van der Waals surface area contributed by atoms with Gasteiger partial charge in [0.15, 0.2) is 0 Å². The second-order valence-electron chi connectivity index (χ2n) is 6.22. The Labute approximate surface area is 150 Å². The number of aromatic nitrogens is 2. The van der Waals surface area contributed by atoms with Crippen molar-refractivity contribution >= 4 is 10.9 Å². The first-order valence-electron chi connectivity index (χ1n) is 8.56. The van der Waals surface area contributed by atoms with E-state index >= 15 is 0 Å². The topological polar surface area (TPSA) is 70.9 Å². The molecule has 26 heavy (non-hydrogen) atoms. The fourth-order valence-electron chi connectivity index (χ4n) is 3.08. The number of fused-ring (bicyclic) bond motifs is 1. The number of hydrogen-bond donors (Lipinski definition) is 2. The van der Waals surface area contributed by atoms with E-state index in [2.05, 4.69) is 15.3 Å². The average molecular weight is 345 g/mol. The van der Waals surface area contributed by atoms with Crippen molar-refractivity contribution in [2.75, 3.05) is 0 Å². The highest BCUT2D eigenvalue weighted by atomic mass is 16.3. The van der Waals surface area contributed by atoms with Crippen LogP contribution in [0.2, 0.25) is 0 Å². The number of aromatic amines is 1. The molecule has 0 bridgehead atoms. The number of nitrogens with one attached hydrogen (secondary N) is 2. The van der Waals surface area contributed by atoms with Crippen LogP contribution in [-0.2, 0) is 0 Å². The first kappa shape index (κ1) is 16.3. The number of H-pyrrole nitrogens is 1. The van der Waals surface area contributed by atoms with Gasteiger partial charge in [0.05, 0.1) is 29.2 Å². The van der Waals surface area contributed by atoms with Crippen LogP contribution >= 0.6 is 0 Å².